The molecule has 1 aromatic carbocycles. The van der Waals surface area contributed by atoms with Crippen molar-refractivity contribution < 1.29 is 9.53 Å². The number of benzene rings is 1. The Balaban J connectivity index is 0.00000200. The highest BCUT2D eigenvalue weighted by Gasteiger charge is 2.22. The predicted octanol–water partition coefficient (Wildman–Crippen LogP) is 2.34. The van der Waals surface area contributed by atoms with Crippen molar-refractivity contribution in [3.05, 3.63) is 29.3 Å². The van der Waals surface area contributed by atoms with Crippen LogP contribution in [0, 0.1) is 5.92 Å². The zero-order valence-corrected chi connectivity index (χ0v) is 12.8. The summed E-state index contributed by atoms with van der Waals surface area (Å²) in [4.78, 5) is 13.9. The SMILES string of the molecule is Cl.NCC1CCCN(C(=O)COc2ccc(Cl)cc2)C1. The molecule has 0 saturated carbocycles. The second-order valence-electron chi connectivity index (χ2n) is 4.83. The third kappa shape index (κ3) is 4.85. The molecule has 1 fully saturated rings. The molecular formula is C14H20Cl2N2O2. The van der Waals surface area contributed by atoms with Crippen LogP contribution < -0.4 is 10.5 Å². The van der Waals surface area contributed by atoms with Gasteiger partial charge in [-0.05, 0) is 49.6 Å². The van der Waals surface area contributed by atoms with Gasteiger partial charge in [-0.15, -0.1) is 12.4 Å². The Morgan fingerprint density at radius 3 is 2.75 bits per heavy atom. The van der Waals surface area contributed by atoms with Gasteiger partial charge in [0.05, 0.1) is 0 Å². The molecule has 0 bridgehead atoms. The van der Waals surface area contributed by atoms with Crippen LogP contribution in [0.3, 0.4) is 0 Å². The maximum Gasteiger partial charge on any atom is 0.260 e. The summed E-state index contributed by atoms with van der Waals surface area (Å²) in [5, 5.41) is 0.653. The van der Waals surface area contributed by atoms with Crippen molar-refractivity contribution in [2.45, 2.75) is 12.8 Å². The van der Waals surface area contributed by atoms with Crippen LogP contribution in [0.5, 0.6) is 5.75 Å². The van der Waals surface area contributed by atoms with E-state index in [2.05, 4.69) is 0 Å². The minimum atomic E-state index is 0. The lowest BCUT2D eigenvalue weighted by molar-refractivity contribution is -0.135. The molecule has 20 heavy (non-hydrogen) atoms. The van der Waals surface area contributed by atoms with Crippen LogP contribution in [-0.2, 0) is 4.79 Å². The molecule has 112 valence electrons. The van der Waals surface area contributed by atoms with E-state index in [1.54, 1.807) is 24.3 Å². The summed E-state index contributed by atoms with van der Waals surface area (Å²) < 4.78 is 5.46. The van der Waals surface area contributed by atoms with E-state index in [1.807, 2.05) is 4.90 Å². The van der Waals surface area contributed by atoms with Gasteiger partial charge in [-0.2, -0.15) is 0 Å². The Kier molecular flexibility index (Phi) is 7.13. The molecule has 0 aliphatic carbocycles. The maximum absolute atomic E-state index is 12.0. The van der Waals surface area contributed by atoms with Crippen molar-refractivity contribution in [2.24, 2.45) is 11.7 Å². The topological polar surface area (TPSA) is 55.6 Å². The first kappa shape index (κ1) is 17.1. The van der Waals surface area contributed by atoms with Crippen molar-refractivity contribution in [2.75, 3.05) is 26.2 Å². The van der Waals surface area contributed by atoms with Gasteiger partial charge in [0.1, 0.15) is 5.75 Å². The van der Waals surface area contributed by atoms with E-state index in [0.717, 1.165) is 25.9 Å². The monoisotopic (exact) mass is 318 g/mol. The number of nitrogens with two attached hydrogens (primary N) is 1. The van der Waals surface area contributed by atoms with Crippen LogP contribution >= 0.6 is 24.0 Å². The Morgan fingerprint density at radius 1 is 1.40 bits per heavy atom. The Morgan fingerprint density at radius 2 is 2.10 bits per heavy atom. The summed E-state index contributed by atoms with van der Waals surface area (Å²) in [6.07, 6.45) is 2.13. The molecular weight excluding hydrogens is 299 g/mol. The number of hydrogen-bond donors (Lipinski definition) is 1. The molecule has 4 nitrogen and oxygen atoms in total. The van der Waals surface area contributed by atoms with Crippen molar-refractivity contribution in [1.82, 2.24) is 4.90 Å². The molecule has 0 aromatic heterocycles. The van der Waals surface area contributed by atoms with Gasteiger partial charge < -0.3 is 15.4 Å². The second-order valence-corrected chi connectivity index (χ2v) is 5.26. The minimum Gasteiger partial charge on any atom is -0.484 e. The largest absolute Gasteiger partial charge is 0.484 e. The quantitative estimate of drug-likeness (QED) is 0.927. The van der Waals surface area contributed by atoms with E-state index in [9.17, 15) is 4.79 Å². The van der Waals surface area contributed by atoms with E-state index < -0.39 is 0 Å². The molecule has 2 N–H and O–H groups in total. The summed E-state index contributed by atoms with van der Waals surface area (Å²) in [5.74, 6) is 1.10. The Bertz CT molecular complexity index is 426. The number of likely N-dealkylation sites (tertiary alicyclic amines) is 1. The van der Waals surface area contributed by atoms with Crippen molar-refractivity contribution in [3.8, 4) is 5.75 Å². The number of nitrogens with zero attached hydrogens (tertiary/aromatic N) is 1. The molecule has 0 radical (unpaired) electrons. The van der Waals surface area contributed by atoms with Gasteiger partial charge in [0.25, 0.3) is 5.91 Å². The number of carbonyl (C=O) groups is 1. The van der Waals surface area contributed by atoms with Crippen molar-refractivity contribution in [3.63, 3.8) is 0 Å². The van der Waals surface area contributed by atoms with E-state index >= 15 is 0 Å². The first-order valence-electron chi connectivity index (χ1n) is 6.55. The fourth-order valence-electron chi connectivity index (χ4n) is 2.25. The van der Waals surface area contributed by atoms with Crippen LogP contribution in [0.15, 0.2) is 24.3 Å². The van der Waals surface area contributed by atoms with Crippen LogP contribution in [0.4, 0.5) is 0 Å². The molecule has 1 saturated heterocycles. The summed E-state index contributed by atoms with van der Waals surface area (Å²) >= 11 is 5.79. The van der Waals surface area contributed by atoms with E-state index in [4.69, 9.17) is 22.1 Å². The fourth-order valence-corrected chi connectivity index (χ4v) is 2.38. The number of hydrogen-bond acceptors (Lipinski definition) is 3. The van der Waals surface area contributed by atoms with E-state index in [0.29, 0.717) is 23.2 Å². The number of ether oxygens (including phenoxy) is 1. The molecule has 1 amide bonds. The van der Waals surface area contributed by atoms with Gasteiger partial charge in [-0.3, -0.25) is 4.79 Å². The maximum atomic E-state index is 12.0. The summed E-state index contributed by atoms with van der Waals surface area (Å²) in [7, 11) is 0. The molecule has 1 unspecified atom stereocenters. The van der Waals surface area contributed by atoms with Gasteiger partial charge in [-0.1, -0.05) is 11.6 Å². The molecule has 1 aromatic rings. The van der Waals surface area contributed by atoms with Gasteiger partial charge in [0.15, 0.2) is 6.61 Å². The highest BCUT2D eigenvalue weighted by atomic mass is 35.5. The third-order valence-electron chi connectivity index (χ3n) is 3.38. The molecule has 0 spiro atoms. The number of rotatable bonds is 4. The highest BCUT2D eigenvalue weighted by molar-refractivity contribution is 6.30. The molecule has 1 aliphatic rings. The van der Waals surface area contributed by atoms with Gasteiger partial charge in [0.2, 0.25) is 0 Å². The zero-order valence-electron chi connectivity index (χ0n) is 11.3. The summed E-state index contributed by atoms with van der Waals surface area (Å²) in [6, 6.07) is 7.00. The molecule has 1 heterocycles. The molecule has 2 rings (SSSR count). The third-order valence-corrected chi connectivity index (χ3v) is 3.63. The van der Waals surface area contributed by atoms with E-state index in [1.165, 1.54) is 0 Å². The predicted molar refractivity (Wildman–Crippen MR) is 82.6 cm³/mol. The van der Waals surface area contributed by atoms with Gasteiger partial charge in [0, 0.05) is 18.1 Å². The zero-order chi connectivity index (χ0) is 13.7. The number of piperidine rings is 1. The van der Waals surface area contributed by atoms with Crippen molar-refractivity contribution >= 4 is 29.9 Å². The second kappa shape index (κ2) is 8.35. The van der Waals surface area contributed by atoms with Crippen molar-refractivity contribution in [1.29, 1.82) is 0 Å². The molecule has 1 atom stereocenters. The highest BCUT2D eigenvalue weighted by Crippen LogP contribution is 2.17. The summed E-state index contributed by atoms with van der Waals surface area (Å²) in [5.41, 5.74) is 5.66. The lowest BCUT2D eigenvalue weighted by Crippen LogP contribution is -2.44. The average molecular weight is 319 g/mol. The minimum absolute atomic E-state index is 0. The van der Waals surface area contributed by atoms with Gasteiger partial charge >= 0.3 is 0 Å². The first-order chi connectivity index (χ1) is 9.19. The average Bonchev–Trinajstić information content (AvgIpc) is 2.46. The molecule has 1 aliphatic heterocycles. The number of carbonyl (C=O) groups excluding carboxylic acids is 1. The number of halogens is 2. The number of amides is 1. The van der Waals surface area contributed by atoms with Crippen LogP contribution in [0.1, 0.15) is 12.8 Å². The van der Waals surface area contributed by atoms with Crippen LogP contribution in [-0.4, -0.2) is 37.0 Å². The van der Waals surface area contributed by atoms with Gasteiger partial charge in [-0.25, -0.2) is 0 Å². The van der Waals surface area contributed by atoms with Crippen LogP contribution in [0.2, 0.25) is 5.02 Å². The summed E-state index contributed by atoms with van der Waals surface area (Å²) in [6.45, 7) is 2.26. The standard InChI is InChI=1S/C14H19ClN2O2.ClH/c15-12-3-5-13(6-4-12)19-10-14(18)17-7-1-2-11(8-16)9-17;/h3-6,11H,1-2,7-10,16H2;1H. The Labute approximate surface area is 130 Å². The van der Waals surface area contributed by atoms with E-state index in [-0.39, 0.29) is 24.9 Å². The van der Waals surface area contributed by atoms with Crippen LogP contribution in [0.25, 0.3) is 0 Å². The Hall–Kier alpha value is -0.970. The lowest BCUT2D eigenvalue weighted by Gasteiger charge is -2.32. The first-order valence-corrected chi connectivity index (χ1v) is 6.93. The fraction of sp³-hybridized carbons (Fsp3) is 0.500. The smallest absolute Gasteiger partial charge is 0.260 e. The normalized spacial score (nSPS) is 18.3. The molecule has 6 heteroatoms. The lowest BCUT2D eigenvalue weighted by atomic mass is 9.98.